The summed E-state index contributed by atoms with van der Waals surface area (Å²) >= 11 is 9.60. The molecule has 0 radical (unpaired) electrons. The zero-order valence-corrected chi connectivity index (χ0v) is 14.2. The minimum atomic E-state index is -0.241. The zero-order chi connectivity index (χ0) is 15.2. The molecule has 0 fully saturated rings. The first-order chi connectivity index (χ1) is 10.1. The molecule has 112 valence electrons. The van der Waals surface area contributed by atoms with Crippen LogP contribution in [-0.2, 0) is 6.42 Å². The van der Waals surface area contributed by atoms with Gasteiger partial charge in [-0.2, -0.15) is 0 Å². The highest BCUT2D eigenvalue weighted by molar-refractivity contribution is 9.10. The number of hydrogen-bond acceptors (Lipinski definition) is 1. The lowest BCUT2D eigenvalue weighted by Gasteiger charge is -2.21. The maximum absolute atomic E-state index is 13.8. The molecule has 1 N–H and O–H groups in total. The van der Waals surface area contributed by atoms with Crippen LogP contribution >= 0.6 is 27.5 Å². The molecule has 2 aromatic rings. The molecule has 0 aromatic heterocycles. The summed E-state index contributed by atoms with van der Waals surface area (Å²) in [4.78, 5) is 0. The molecule has 0 bridgehead atoms. The van der Waals surface area contributed by atoms with E-state index in [9.17, 15) is 4.39 Å². The summed E-state index contributed by atoms with van der Waals surface area (Å²) in [5.41, 5.74) is 1.98. The Bertz CT molecular complexity index is 603. The summed E-state index contributed by atoms with van der Waals surface area (Å²) in [7, 11) is 0. The van der Waals surface area contributed by atoms with E-state index in [1.54, 1.807) is 6.07 Å². The van der Waals surface area contributed by atoms with Crippen LogP contribution in [-0.4, -0.2) is 6.54 Å². The Morgan fingerprint density at radius 1 is 1.19 bits per heavy atom. The van der Waals surface area contributed by atoms with Gasteiger partial charge in [0, 0.05) is 11.1 Å². The van der Waals surface area contributed by atoms with Crippen molar-refractivity contribution < 1.29 is 4.39 Å². The van der Waals surface area contributed by atoms with Gasteiger partial charge in [-0.1, -0.05) is 48.9 Å². The third-order valence-corrected chi connectivity index (χ3v) is 4.58. The van der Waals surface area contributed by atoms with E-state index in [2.05, 4.69) is 28.2 Å². The van der Waals surface area contributed by atoms with E-state index in [0.717, 1.165) is 35.5 Å². The van der Waals surface area contributed by atoms with Gasteiger partial charge in [-0.25, -0.2) is 4.39 Å². The number of halogens is 3. The van der Waals surface area contributed by atoms with Crippen LogP contribution in [0.2, 0.25) is 5.02 Å². The average Bonchev–Trinajstić information content (AvgIpc) is 2.48. The SMILES string of the molecule is CCCNC(Cc1ccccc1Cl)c1cccc(F)c1Br. The number of benzene rings is 2. The van der Waals surface area contributed by atoms with E-state index in [0.29, 0.717) is 4.47 Å². The molecule has 0 heterocycles. The molecule has 0 amide bonds. The molecule has 0 aliphatic carbocycles. The van der Waals surface area contributed by atoms with Crippen LogP contribution in [0.25, 0.3) is 0 Å². The number of hydrogen-bond donors (Lipinski definition) is 1. The van der Waals surface area contributed by atoms with E-state index >= 15 is 0 Å². The summed E-state index contributed by atoms with van der Waals surface area (Å²) in [5.74, 6) is -0.241. The topological polar surface area (TPSA) is 12.0 Å². The Labute approximate surface area is 138 Å². The lowest BCUT2D eigenvalue weighted by Crippen LogP contribution is -2.24. The quantitative estimate of drug-likeness (QED) is 0.705. The molecule has 2 rings (SSSR count). The maximum atomic E-state index is 13.8. The van der Waals surface area contributed by atoms with Crippen molar-refractivity contribution in [3.8, 4) is 0 Å². The van der Waals surface area contributed by atoms with E-state index in [4.69, 9.17) is 11.6 Å². The Kier molecular flexibility index (Phi) is 6.22. The molecule has 2 aromatic carbocycles. The van der Waals surface area contributed by atoms with Crippen molar-refractivity contribution in [1.82, 2.24) is 5.32 Å². The number of nitrogens with one attached hydrogen (secondary N) is 1. The largest absolute Gasteiger partial charge is 0.310 e. The van der Waals surface area contributed by atoms with Crippen molar-refractivity contribution in [2.45, 2.75) is 25.8 Å². The molecule has 21 heavy (non-hydrogen) atoms. The molecule has 0 saturated carbocycles. The lowest BCUT2D eigenvalue weighted by molar-refractivity contribution is 0.521. The second-order valence-electron chi connectivity index (χ2n) is 4.95. The van der Waals surface area contributed by atoms with Gasteiger partial charge in [0.05, 0.1) is 4.47 Å². The molecule has 0 saturated heterocycles. The van der Waals surface area contributed by atoms with Crippen molar-refractivity contribution in [3.05, 3.63) is 68.9 Å². The lowest BCUT2D eigenvalue weighted by atomic mass is 9.98. The maximum Gasteiger partial charge on any atom is 0.137 e. The third kappa shape index (κ3) is 4.29. The highest BCUT2D eigenvalue weighted by Gasteiger charge is 2.17. The third-order valence-electron chi connectivity index (χ3n) is 3.38. The van der Waals surface area contributed by atoms with Gasteiger partial charge in [0.25, 0.3) is 0 Å². The van der Waals surface area contributed by atoms with Gasteiger partial charge in [0.15, 0.2) is 0 Å². The van der Waals surface area contributed by atoms with E-state index < -0.39 is 0 Å². The molecular formula is C17H18BrClFN. The summed E-state index contributed by atoms with van der Waals surface area (Å²) in [5, 5.41) is 4.22. The minimum Gasteiger partial charge on any atom is -0.310 e. The van der Waals surface area contributed by atoms with Crippen LogP contribution < -0.4 is 5.32 Å². The molecular weight excluding hydrogens is 353 g/mol. The van der Waals surface area contributed by atoms with Gasteiger partial charge in [-0.3, -0.25) is 0 Å². The van der Waals surface area contributed by atoms with Gasteiger partial charge < -0.3 is 5.32 Å². The molecule has 0 spiro atoms. The van der Waals surface area contributed by atoms with Crippen LogP contribution in [0.15, 0.2) is 46.9 Å². The van der Waals surface area contributed by atoms with Gasteiger partial charge in [-0.15, -0.1) is 0 Å². The van der Waals surface area contributed by atoms with E-state index in [1.165, 1.54) is 6.07 Å². The van der Waals surface area contributed by atoms with Crippen LogP contribution in [0, 0.1) is 5.82 Å². The van der Waals surface area contributed by atoms with Crippen LogP contribution in [0.5, 0.6) is 0 Å². The molecule has 0 aliphatic rings. The molecule has 1 nitrogen and oxygen atoms in total. The van der Waals surface area contributed by atoms with E-state index in [1.807, 2.05) is 30.3 Å². The highest BCUT2D eigenvalue weighted by atomic mass is 79.9. The number of rotatable bonds is 6. The highest BCUT2D eigenvalue weighted by Crippen LogP contribution is 2.30. The van der Waals surface area contributed by atoms with Gasteiger partial charge in [0.1, 0.15) is 5.82 Å². The van der Waals surface area contributed by atoms with Crippen LogP contribution in [0.3, 0.4) is 0 Å². The van der Waals surface area contributed by atoms with E-state index in [-0.39, 0.29) is 11.9 Å². The zero-order valence-electron chi connectivity index (χ0n) is 11.9. The van der Waals surface area contributed by atoms with Crippen molar-refractivity contribution in [2.75, 3.05) is 6.54 Å². The first-order valence-corrected chi connectivity index (χ1v) is 8.21. The predicted molar refractivity (Wildman–Crippen MR) is 90.3 cm³/mol. The standard InChI is InChI=1S/C17H18BrClFN/c1-2-10-21-16(11-12-6-3-4-8-14(12)19)13-7-5-9-15(20)17(13)18/h3-9,16,21H,2,10-11H2,1H3. The van der Waals surface area contributed by atoms with Crippen molar-refractivity contribution in [1.29, 1.82) is 0 Å². The fourth-order valence-corrected chi connectivity index (χ4v) is 3.04. The molecule has 4 heteroatoms. The Morgan fingerprint density at radius 2 is 1.95 bits per heavy atom. The van der Waals surface area contributed by atoms with Gasteiger partial charge >= 0.3 is 0 Å². The van der Waals surface area contributed by atoms with Gasteiger partial charge in [-0.05, 0) is 58.6 Å². The Balaban J connectivity index is 2.30. The average molecular weight is 371 g/mol. The molecule has 1 unspecified atom stereocenters. The minimum absolute atomic E-state index is 0.0231. The normalized spacial score (nSPS) is 12.4. The second kappa shape index (κ2) is 7.92. The van der Waals surface area contributed by atoms with Crippen molar-refractivity contribution in [3.63, 3.8) is 0 Å². The monoisotopic (exact) mass is 369 g/mol. The summed E-state index contributed by atoms with van der Waals surface area (Å²) in [6.45, 7) is 2.98. The summed E-state index contributed by atoms with van der Waals surface area (Å²) < 4.78 is 14.3. The fraction of sp³-hybridized carbons (Fsp3) is 0.294. The predicted octanol–water partition coefficient (Wildman–Crippen LogP) is 5.53. The first kappa shape index (κ1) is 16.5. The Hall–Kier alpha value is -0.900. The second-order valence-corrected chi connectivity index (χ2v) is 6.15. The van der Waals surface area contributed by atoms with Gasteiger partial charge in [0.2, 0.25) is 0 Å². The smallest absolute Gasteiger partial charge is 0.137 e. The van der Waals surface area contributed by atoms with Crippen molar-refractivity contribution >= 4 is 27.5 Å². The first-order valence-electron chi connectivity index (χ1n) is 7.04. The Morgan fingerprint density at radius 3 is 2.67 bits per heavy atom. The van der Waals surface area contributed by atoms with Crippen molar-refractivity contribution in [2.24, 2.45) is 0 Å². The van der Waals surface area contributed by atoms with Crippen LogP contribution in [0.4, 0.5) is 4.39 Å². The summed E-state index contributed by atoms with van der Waals surface area (Å²) in [6, 6.07) is 12.9. The molecule has 0 aliphatic heterocycles. The molecule has 1 atom stereocenters. The van der Waals surface area contributed by atoms with Crippen LogP contribution in [0.1, 0.15) is 30.5 Å². The summed E-state index contributed by atoms with van der Waals surface area (Å²) in [6.07, 6.45) is 1.74. The fourth-order valence-electron chi connectivity index (χ4n) is 2.28.